The molecule has 1 heterocycles. The molecule has 0 aromatic carbocycles. The van der Waals surface area contributed by atoms with E-state index in [-0.39, 0.29) is 0 Å². The smallest absolute Gasteiger partial charge is 0.224 e. The van der Waals surface area contributed by atoms with Crippen LogP contribution in [0.3, 0.4) is 0 Å². The Kier molecular flexibility index (Phi) is 3.97. The molecule has 0 atom stereocenters. The Bertz CT molecular complexity index is 323. The van der Waals surface area contributed by atoms with Gasteiger partial charge in [-0.2, -0.15) is 4.98 Å². The lowest BCUT2D eigenvalue weighted by Gasteiger charge is -2.06. The van der Waals surface area contributed by atoms with Crippen LogP contribution in [-0.2, 0) is 0 Å². The molecule has 0 saturated heterocycles. The number of nitrogens with zero attached hydrogens (tertiary/aromatic N) is 2. The summed E-state index contributed by atoms with van der Waals surface area (Å²) in [6.45, 7) is 3.91. The van der Waals surface area contributed by atoms with Gasteiger partial charge in [0.2, 0.25) is 5.95 Å². The number of hydrogen-bond donors (Lipinski definition) is 2. The first-order valence-corrected chi connectivity index (χ1v) is 6.19. The Hall–Kier alpha value is -1.32. The first kappa shape index (κ1) is 11.2. The third-order valence-electron chi connectivity index (χ3n) is 2.78. The highest BCUT2D eigenvalue weighted by atomic mass is 15.1. The van der Waals surface area contributed by atoms with Crippen LogP contribution in [-0.4, -0.2) is 23.1 Å². The van der Waals surface area contributed by atoms with Crippen LogP contribution in [0.1, 0.15) is 32.6 Å². The molecular weight excluding hydrogens is 200 g/mol. The highest BCUT2D eigenvalue weighted by Gasteiger charge is 2.19. The highest BCUT2D eigenvalue weighted by molar-refractivity contribution is 5.39. The first-order chi connectivity index (χ1) is 7.88. The van der Waals surface area contributed by atoms with E-state index in [0.717, 1.165) is 24.8 Å². The fourth-order valence-electron chi connectivity index (χ4n) is 1.71. The maximum Gasteiger partial charge on any atom is 0.224 e. The molecule has 1 aliphatic rings. The van der Waals surface area contributed by atoms with Gasteiger partial charge in [-0.15, -0.1) is 0 Å². The van der Waals surface area contributed by atoms with Crippen molar-refractivity contribution in [2.24, 2.45) is 5.92 Å². The summed E-state index contributed by atoms with van der Waals surface area (Å²) in [6, 6.07) is 1.91. The van der Waals surface area contributed by atoms with Gasteiger partial charge in [0.25, 0.3) is 0 Å². The summed E-state index contributed by atoms with van der Waals surface area (Å²) in [7, 11) is 0. The van der Waals surface area contributed by atoms with E-state index in [1.54, 1.807) is 6.20 Å². The Labute approximate surface area is 96.9 Å². The van der Waals surface area contributed by atoms with E-state index in [1.807, 2.05) is 13.0 Å². The van der Waals surface area contributed by atoms with Crippen molar-refractivity contribution < 1.29 is 0 Å². The zero-order valence-electron chi connectivity index (χ0n) is 9.87. The topological polar surface area (TPSA) is 49.8 Å². The van der Waals surface area contributed by atoms with Crippen molar-refractivity contribution in [3.05, 3.63) is 12.3 Å². The molecule has 4 nitrogen and oxygen atoms in total. The molecule has 1 fully saturated rings. The summed E-state index contributed by atoms with van der Waals surface area (Å²) in [6.07, 6.45) is 7.27. The van der Waals surface area contributed by atoms with Crippen molar-refractivity contribution in [3.63, 3.8) is 0 Å². The van der Waals surface area contributed by atoms with Crippen molar-refractivity contribution in [2.45, 2.75) is 32.6 Å². The molecule has 88 valence electrons. The molecule has 1 aromatic heterocycles. The van der Waals surface area contributed by atoms with Gasteiger partial charge in [0, 0.05) is 19.3 Å². The standard InChI is InChI=1S/C12H20N4/c1-2-13-12-15-9-7-11(16-12)14-8-3-4-10-5-6-10/h7,9-10H,2-6,8H2,1H3,(H2,13,14,15,16). The maximum atomic E-state index is 4.36. The predicted molar refractivity (Wildman–Crippen MR) is 66.6 cm³/mol. The Morgan fingerprint density at radius 1 is 1.38 bits per heavy atom. The second-order valence-corrected chi connectivity index (χ2v) is 4.31. The molecule has 1 saturated carbocycles. The molecule has 0 unspecified atom stereocenters. The van der Waals surface area contributed by atoms with E-state index in [0.29, 0.717) is 5.95 Å². The number of nitrogens with one attached hydrogen (secondary N) is 2. The van der Waals surface area contributed by atoms with Crippen LogP contribution in [0.25, 0.3) is 0 Å². The van der Waals surface area contributed by atoms with Crippen LogP contribution >= 0.6 is 0 Å². The van der Waals surface area contributed by atoms with E-state index in [2.05, 4.69) is 20.6 Å². The van der Waals surface area contributed by atoms with E-state index in [1.165, 1.54) is 25.7 Å². The van der Waals surface area contributed by atoms with Crippen LogP contribution in [0.15, 0.2) is 12.3 Å². The fourth-order valence-corrected chi connectivity index (χ4v) is 1.71. The summed E-state index contributed by atoms with van der Waals surface area (Å²) in [5.74, 6) is 2.64. The van der Waals surface area contributed by atoms with Gasteiger partial charge in [-0.3, -0.25) is 0 Å². The minimum atomic E-state index is 0.703. The van der Waals surface area contributed by atoms with Crippen molar-refractivity contribution in [1.29, 1.82) is 0 Å². The predicted octanol–water partition coefficient (Wildman–Crippen LogP) is 2.51. The van der Waals surface area contributed by atoms with Crippen molar-refractivity contribution in [2.75, 3.05) is 23.7 Å². The van der Waals surface area contributed by atoms with E-state index < -0.39 is 0 Å². The summed E-state index contributed by atoms with van der Waals surface area (Å²) in [5, 5.41) is 6.44. The number of hydrogen-bond acceptors (Lipinski definition) is 4. The molecule has 1 aromatic rings. The largest absolute Gasteiger partial charge is 0.370 e. The molecule has 1 aliphatic carbocycles. The SMILES string of the molecule is CCNc1nccc(NCCCC2CC2)n1. The minimum absolute atomic E-state index is 0.703. The molecule has 0 spiro atoms. The van der Waals surface area contributed by atoms with Crippen LogP contribution in [0.4, 0.5) is 11.8 Å². The molecule has 2 rings (SSSR count). The van der Waals surface area contributed by atoms with Crippen LogP contribution in [0, 0.1) is 5.92 Å². The first-order valence-electron chi connectivity index (χ1n) is 6.19. The van der Waals surface area contributed by atoms with Crippen molar-refractivity contribution >= 4 is 11.8 Å². The number of rotatable bonds is 7. The second kappa shape index (κ2) is 5.68. The number of aromatic nitrogens is 2. The molecule has 0 aliphatic heterocycles. The Morgan fingerprint density at radius 3 is 3.00 bits per heavy atom. The monoisotopic (exact) mass is 220 g/mol. The Morgan fingerprint density at radius 2 is 2.25 bits per heavy atom. The van der Waals surface area contributed by atoms with Crippen molar-refractivity contribution in [3.8, 4) is 0 Å². The van der Waals surface area contributed by atoms with E-state index in [4.69, 9.17) is 0 Å². The lowest BCUT2D eigenvalue weighted by Crippen LogP contribution is -2.07. The lowest BCUT2D eigenvalue weighted by molar-refractivity contribution is 0.686. The summed E-state index contributed by atoms with van der Waals surface area (Å²) in [5.41, 5.74) is 0. The third kappa shape index (κ3) is 3.68. The molecule has 0 bridgehead atoms. The highest BCUT2D eigenvalue weighted by Crippen LogP contribution is 2.33. The fraction of sp³-hybridized carbons (Fsp3) is 0.667. The molecule has 16 heavy (non-hydrogen) atoms. The van der Waals surface area contributed by atoms with Gasteiger partial charge < -0.3 is 10.6 Å². The molecule has 4 heteroatoms. The van der Waals surface area contributed by atoms with Crippen LogP contribution < -0.4 is 10.6 Å². The van der Waals surface area contributed by atoms with Gasteiger partial charge in [-0.25, -0.2) is 4.98 Å². The van der Waals surface area contributed by atoms with Crippen molar-refractivity contribution in [1.82, 2.24) is 9.97 Å². The molecule has 0 amide bonds. The summed E-state index contributed by atoms with van der Waals surface area (Å²) in [4.78, 5) is 8.49. The lowest BCUT2D eigenvalue weighted by atomic mass is 10.2. The maximum absolute atomic E-state index is 4.36. The average Bonchev–Trinajstić information content (AvgIpc) is 3.09. The minimum Gasteiger partial charge on any atom is -0.370 e. The summed E-state index contributed by atoms with van der Waals surface area (Å²) < 4.78 is 0. The Balaban J connectivity index is 1.71. The van der Waals surface area contributed by atoms with E-state index in [9.17, 15) is 0 Å². The molecular formula is C12H20N4. The van der Waals surface area contributed by atoms with Gasteiger partial charge in [0.1, 0.15) is 5.82 Å². The van der Waals surface area contributed by atoms with Gasteiger partial charge in [0.05, 0.1) is 0 Å². The van der Waals surface area contributed by atoms with E-state index >= 15 is 0 Å². The van der Waals surface area contributed by atoms with Crippen LogP contribution in [0.2, 0.25) is 0 Å². The van der Waals surface area contributed by atoms with Crippen LogP contribution in [0.5, 0.6) is 0 Å². The normalized spacial score (nSPS) is 14.8. The molecule has 2 N–H and O–H groups in total. The summed E-state index contributed by atoms with van der Waals surface area (Å²) >= 11 is 0. The molecule has 0 radical (unpaired) electrons. The van der Waals surface area contributed by atoms with Gasteiger partial charge >= 0.3 is 0 Å². The van der Waals surface area contributed by atoms with Gasteiger partial charge in [0.15, 0.2) is 0 Å². The van der Waals surface area contributed by atoms with Gasteiger partial charge in [-0.1, -0.05) is 12.8 Å². The average molecular weight is 220 g/mol. The quantitative estimate of drug-likeness (QED) is 0.693. The zero-order chi connectivity index (χ0) is 11.2. The zero-order valence-corrected chi connectivity index (χ0v) is 9.87. The number of anilines is 2. The van der Waals surface area contributed by atoms with Gasteiger partial charge in [-0.05, 0) is 31.7 Å². The second-order valence-electron chi connectivity index (χ2n) is 4.31. The third-order valence-corrected chi connectivity index (χ3v) is 2.78.